The van der Waals surface area contributed by atoms with E-state index in [2.05, 4.69) is 5.10 Å². The molecule has 11 nitrogen and oxygen atoms in total. The highest BCUT2D eigenvalue weighted by Crippen LogP contribution is 2.33. The summed E-state index contributed by atoms with van der Waals surface area (Å²) < 4.78 is 15.8. The van der Waals surface area contributed by atoms with Gasteiger partial charge in [-0.3, -0.25) is 19.7 Å². The van der Waals surface area contributed by atoms with Crippen LogP contribution in [0.4, 0.5) is 5.69 Å². The summed E-state index contributed by atoms with van der Waals surface area (Å²) in [7, 11) is 1.51. The van der Waals surface area contributed by atoms with E-state index in [-0.39, 0.29) is 31.1 Å². The van der Waals surface area contributed by atoms with Crippen molar-refractivity contribution in [1.29, 1.82) is 0 Å². The number of benzene rings is 1. The molecule has 0 aliphatic carbocycles. The van der Waals surface area contributed by atoms with Crippen LogP contribution in [0.2, 0.25) is 0 Å². The average molecular weight is 466 g/mol. The first-order chi connectivity index (χ1) is 16.5. The number of hydrogen-bond donors (Lipinski definition) is 0. The van der Waals surface area contributed by atoms with Gasteiger partial charge in [-0.2, -0.15) is 5.10 Å². The lowest BCUT2D eigenvalue weighted by atomic mass is 10.0. The predicted molar refractivity (Wildman–Crippen MR) is 119 cm³/mol. The quantitative estimate of drug-likeness (QED) is 0.349. The molecule has 0 spiro atoms. The molecular weight excluding hydrogens is 444 g/mol. The van der Waals surface area contributed by atoms with E-state index in [0.717, 1.165) is 0 Å². The standard InChI is InChI=1S/C23H22N4O7/c1-32-13-10-25(23(29)21-5-3-12-34-21)15-22(28)26-19(20-4-2-11-33-20)14-18(24-26)16-6-8-17(9-7-16)27(30)31/h2-9,11-12,19H,10,13-15H2,1H3/t19-/m0/s1. The molecule has 0 saturated heterocycles. The maximum atomic E-state index is 13.3. The predicted octanol–water partition coefficient (Wildman–Crippen LogP) is 3.25. The van der Waals surface area contributed by atoms with Crippen LogP contribution in [-0.4, -0.2) is 59.2 Å². The number of hydrazone groups is 1. The van der Waals surface area contributed by atoms with Gasteiger partial charge in [0.1, 0.15) is 18.3 Å². The molecule has 0 bridgehead atoms. The van der Waals surface area contributed by atoms with E-state index < -0.39 is 22.8 Å². The molecule has 0 saturated carbocycles. The van der Waals surface area contributed by atoms with Crippen molar-refractivity contribution < 1.29 is 28.1 Å². The number of nitro groups is 1. The summed E-state index contributed by atoms with van der Waals surface area (Å²) in [4.78, 5) is 38.0. The van der Waals surface area contributed by atoms with Gasteiger partial charge in [-0.25, -0.2) is 5.01 Å². The van der Waals surface area contributed by atoms with Gasteiger partial charge in [0, 0.05) is 32.2 Å². The first-order valence-electron chi connectivity index (χ1n) is 10.5. The Balaban J connectivity index is 1.59. The number of amides is 2. The van der Waals surface area contributed by atoms with Gasteiger partial charge in [0.25, 0.3) is 17.5 Å². The zero-order valence-corrected chi connectivity index (χ0v) is 18.3. The molecule has 0 N–H and O–H groups in total. The Labute approximate surface area is 194 Å². The van der Waals surface area contributed by atoms with Crippen molar-refractivity contribution in [3.05, 3.63) is 88.3 Å². The Morgan fingerprint density at radius 3 is 2.53 bits per heavy atom. The minimum Gasteiger partial charge on any atom is -0.467 e. The lowest BCUT2D eigenvalue weighted by Gasteiger charge is -2.25. The van der Waals surface area contributed by atoms with Gasteiger partial charge in [0.05, 0.1) is 29.8 Å². The Morgan fingerprint density at radius 1 is 1.18 bits per heavy atom. The van der Waals surface area contributed by atoms with Crippen LogP contribution in [0.25, 0.3) is 0 Å². The highest BCUT2D eigenvalue weighted by molar-refractivity contribution is 6.03. The molecule has 176 valence electrons. The molecule has 2 aromatic heterocycles. The Morgan fingerprint density at radius 2 is 1.91 bits per heavy atom. The lowest BCUT2D eigenvalue weighted by Crippen LogP contribution is -2.42. The molecule has 1 aromatic carbocycles. The van der Waals surface area contributed by atoms with Crippen LogP contribution in [0.5, 0.6) is 0 Å². The fraction of sp³-hybridized carbons (Fsp3) is 0.261. The van der Waals surface area contributed by atoms with E-state index in [1.54, 1.807) is 30.3 Å². The van der Waals surface area contributed by atoms with E-state index in [0.29, 0.717) is 23.5 Å². The number of carbonyl (C=O) groups excluding carboxylic acids is 2. The maximum Gasteiger partial charge on any atom is 0.290 e. The molecule has 4 rings (SSSR count). The number of nitro benzene ring substituents is 1. The van der Waals surface area contributed by atoms with Crippen LogP contribution < -0.4 is 0 Å². The van der Waals surface area contributed by atoms with Crippen LogP contribution in [0.1, 0.15) is 34.3 Å². The van der Waals surface area contributed by atoms with Gasteiger partial charge in [-0.05, 0) is 42.0 Å². The average Bonchev–Trinajstić information content (AvgIpc) is 3.62. The number of furan rings is 2. The van der Waals surface area contributed by atoms with E-state index in [1.165, 1.54) is 47.7 Å². The number of methoxy groups -OCH3 is 1. The highest BCUT2D eigenvalue weighted by Gasteiger charge is 2.36. The van der Waals surface area contributed by atoms with Crippen LogP contribution >= 0.6 is 0 Å². The second kappa shape index (κ2) is 10.1. The molecular formula is C23H22N4O7. The van der Waals surface area contributed by atoms with Gasteiger partial charge in [-0.1, -0.05) is 0 Å². The van der Waals surface area contributed by atoms with Crippen molar-refractivity contribution in [2.24, 2.45) is 5.10 Å². The fourth-order valence-corrected chi connectivity index (χ4v) is 3.64. The molecule has 0 radical (unpaired) electrons. The first kappa shape index (κ1) is 22.9. The van der Waals surface area contributed by atoms with Crippen molar-refractivity contribution >= 4 is 23.2 Å². The SMILES string of the molecule is COCCN(CC(=O)N1N=C(c2ccc([N+](=O)[O-])cc2)C[C@H]1c1ccco1)C(=O)c1ccco1. The van der Waals surface area contributed by atoms with Crippen molar-refractivity contribution in [2.45, 2.75) is 12.5 Å². The summed E-state index contributed by atoms with van der Waals surface area (Å²) in [6.07, 6.45) is 3.24. The molecule has 1 aliphatic heterocycles. The number of nitrogens with zero attached hydrogens (tertiary/aromatic N) is 4. The summed E-state index contributed by atoms with van der Waals surface area (Å²) in [5.74, 6) is -0.212. The Bertz CT molecular complexity index is 1170. The third kappa shape index (κ3) is 4.89. The molecule has 0 fully saturated rings. The molecule has 34 heavy (non-hydrogen) atoms. The zero-order chi connectivity index (χ0) is 24.1. The summed E-state index contributed by atoms with van der Waals surface area (Å²) in [5.41, 5.74) is 1.19. The number of carbonyl (C=O) groups is 2. The van der Waals surface area contributed by atoms with Crippen molar-refractivity contribution in [3.8, 4) is 0 Å². The number of non-ortho nitro benzene ring substituents is 1. The van der Waals surface area contributed by atoms with Gasteiger partial charge in [-0.15, -0.1) is 0 Å². The van der Waals surface area contributed by atoms with E-state index in [4.69, 9.17) is 13.6 Å². The summed E-state index contributed by atoms with van der Waals surface area (Å²) in [5, 5.41) is 16.8. The number of hydrogen-bond acceptors (Lipinski definition) is 8. The molecule has 3 aromatic rings. The normalized spacial score (nSPS) is 15.3. The van der Waals surface area contributed by atoms with Gasteiger partial charge in [0.15, 0.2) is 5.76 Å². The minimum absolute atomic E-state index is 0.0388. The molecule has 1 atom stereocenters. The molecule has 0 unspecified atom stereocenters. The third-order valence-electron chi connectivity index (χ3n) is 5.36. The molecule has 1 aliphatic rings. The minimum atomic E-state index is -0.518. The van der Waals surface area contributed by atoms with Gasteiger partial charge < -0.3 is 18.5 Å². The number of ether oxygens (including phenoxy) is 1. The molecule has 11 heteroatoms. The fourth-order valence-electron chi connectivity index (χ4n) is 3.64. The summed E-state index contributed by atoms with van der Waals surface area (Å²) in [6, 6.07) is 12.0. The van der Waals surface area contributed by atoms with Crippen molar-refractivity contribution in [3.63, 3.8) is 0 Å². The van der Waals surface area contributed by atoms with E-state index >= 15 is 0 Å². The monoisotopic (exact) mass is 466 g/mol. The second-order valence-corrected chi connectivity index (χ2v) is 7.52. The number of rotatable bonds is 9. The largest absolute Gasteiger partial charge is 0.467 e. The zero-order valence-electron chi connectivity index (χ0n) is 18.3. The van der Waals surface area contributed by atoms with Gasteiger partial charge in [0.2, 0.25) is 0 Å². The third-order valence-corrected chi connectivity index (χ3v) is 5.36. The van der Waals surface area contributed by atoms with E-state index in [1.807, 2.05) is 0 Å². The molecule has 3 heterocycles. The van der Waals surface area contributed by atoms with Crippen LogP contribution in [0, 0.1) is 10.1 Å². The highest BCUT2D eigenvalue weighted by atomic mass is 16.6. The van der Waals surface area contributed by atoms with Crippen LogP contribution in [0.15, 0.2) is 75.0 Å². The van der Waals surface area contributed by atoms with Crippen molar-refractivity contribution in [1.82, 2.24) is 9.91 Å². The second-order valence-electron chi connectivity index (χ2n) is 7.52. The van der Waals surface area contributed by atoms with Gasteiger partial charge >= 0.3 is 0 Å². The maximum absolute atomic E-state index is 13.3. The first-order valence-corrected chi connectivity index (χ1v) is 10.5. The molecule has 2 amide bonds. The van der Waals surface area contributed by atoms with Crippen LogP contribution in [0.3, 0.4) is 0 Å². The van der Waals surface area contributed by atoms with Crippen molar-refractivity contribution in [2.75, 3.05) is 26.8 Å². The Hall–Kier alpha value is -4.25. The Kier molecular flexibility index (Phi) is 6.83. The van der Waals surface area contributed by atoms with Crippen LogP contribution in [-0.2, 0) is 9.53 Å². The van der Waals surface area contributed by atoms with E-state index in [9.17, 15) is 19.7 Å². The topological polar surface area (TPSA) is 132 Å². The summed E-state index contributed by atoms with van der Waals surface area (Å²) in [6.45, 7) is 0.162. The smallest absolute Gasteiger partial charge is 0.290 e. The lowest BCUT2D eigenvalue weighted by molar-refractivity contribution is -0.384. The summed E-state index contributed by atoms with van der Waals surface area (Å²) >= 11 is 0.